The smallest absolute Gasteiger partial charge is 0.338 e. The van der Waals surface area contributed by atoms with Crippen LogP contribution >= 0.6 is 0 Å². The fourth-order valence-corrected chi connectivity index (χ4v) is 1.51. The van der Waals surface area contributed by atoms with E-state index in [-0.39, 0.29) is 12.0 Å². The first kappa shape index (κ1) is 14.2. The number of hydrogen-bond acceptors (Lipinski definition) is 3. The summed E-state index contributed by atoms with van der Waals surface area (Å²) >= 11 is 0. The van der Waals surface area contributed by atoms with Crippen molar-refractivity contribution in [2.45, 2.75) is 33.4 Å². The van der Waals surface area contributed by atoms with Crippen LogP contribution < -0.4 is 0 Å². The summed E-state index contributed by atoms with van der Waals surface area (Å²) in [6, 6.07) is 7.27. The van der Waals surface area contributed by atoms with Gasteiger partial charge in [-0.15, -0.1) is 0 Å². The van der Waals surface area contributed by atoms with Crippen LogP contribution in [0, 0.1) is 0 Å². The predicted octanol–water partition coefficient (Wildman–Crippen LogP) is 2.23. The minimum Gasteiger partial charge on any atom is -0.462 e. The lowest BCUT2D eigenvalue weighted by Crippen LogP contribution is -2.28. The molecule has 0 saturated carbocycles. The number of carbonyl (C=O) groups is 2. The Labute approximate surface area is 108 Å². The van der Waals surface area contributed by atoms with Crippen molar-refractivity contribution in [1.29, 1.82) is 0 Å². The first-order valence-corrected chi connectivity index (χ1v) is 6.05. The van der Waals surface area contributed by atoms with E-state index in [1.165, 1.54) is 0 Å². The maximum absolute atomic E-state index is 11.5. The molecule has 0 heterocycles. The molecule has 4 heteroatoms. The molecule has 1 aromatic carbocycles. The van der Waals surface area contributed by atoms with E-state index in [0.717, 1.165) is 12.0 Å². The Morgan fingerprint density at radius 2 is 1.94 bits per heavy atom. The summed E-state index contributed by atoms with van der Waals surface area (Å²) in [6.07, 6.45) is 0.837. The van der Waals surface area contributed by atoms with Crippen molar-refractivity contribution >= 4 is 12.4 Å². The summed E-state index contributed by atoms with van der Waals surface area (Å²) in [4.78, 5) is 24.0. The van der Waals surface area contributed by atoms with Crippen LogP contribution in [-0.4, -0.2) is 29.9 Å². The van der Waals surface area contributed by atoms with Gasteiger partial charge in [-0.05, 0) is 38.5 Å². The molecule has 0 aliphatic carbocycles. The number of benzene rings is 1. The van der Waals surface area contributed by atoms with Gasteiger partial charge < -0.3 is 9.64 Å². The Balaban J connectivity index is 2.71. The van der Waals surface area contributed by atoms with Gasteiger partial charge in [0.25, 0.3) is 0 Å². The molecule has 0 atom stereocenters. The summed E-state index contributed by atoms with van der Waals surface area (Å²) in [6.45, 7) is 6.61. The SMILES string of the molecule is CCOC(=O)c1ccc(CN(C=O)C(C)C)cc1. The second-order valence-corrected chi connectivity index (χ2v) is 4.29. The summed E-state index contributed by atoms with van der Waals surface area (Å²) in [5.74, 6) is -0.319. The molecule has 0 fully saturated rings. The normalized spacial score (nSPS) is 10.2. The van der Waals surface area contributed by atoms with Gasteiger partial charge in [-0.1, -0.05) is 12.1 Å². The zero-order valence-electron chi connectivity index (χ0n) is 11.1. The van der Waals surface area contributed by atoms with Crippen LogP contribution in [0.3, 0.4) is 0 Å². The third-order valence-corrected chi connectivity index (χ3v) is 2.63. The molecule has 0 aliphatic rings. The highest BCUT2D eigenvalue weighted by Crippen LogP contribution is 2.09. The van der Waals surface area contributed by atoms with Gasteiger partial charge >= 0.3 is 5.97 Å². The zero-order valence-corrected chi connectivity index (χ0v) is 11.1. The molecular formula is C14H19NO3. The molecule has 18 heavy (non-hydrogen) atoms. The number of rotatable bonds is 6. The van der Waals surface area contributed by atoms with Crippen molar-refractivity contribution in [2.75, 3.05) is 6.61 Å². The van der Waals surface area contributed by atoms with Crippen molar-refractivity contribution in [3.63, 3.8) is 0 Å². The molecule has 4 nitrogen and oxygen atoms in total. The second kappa shape index (κ2) is 6.79. The molecule has 0 bridgehead atoms. The van der Waals surface area contributed by atoms with E-state index in [4.69, 9.17) is 4.74 Å². The van der Waals surface area contributed by atoms with E-state index >= 15 is 0 Å². The van der Waals surface area contributed by atoms with E-state index in [1.54, 1.807) is 24.0 Å². The van der Waals surface area contributed by atoms with E-state index in [2.05, 4.69) is 0 Å². The lowest BCUT2D eigenvalue weighted by Gasteiger charge is -2.21. The molecule has 0 spiro atoms. The molecule has 0 aromatic heterocycles. The fourth-order valence-electron chi connectivity index (χ4n) is 1.51. The van der Waals surface area contributed by atoms with Gasteiger partial charge in [0.15, 0.2) is 0 Å². The molecule has 1 aromatic rings. The summed E-state index contributed by atoms with van der Waals surface area (Å²) in [5.41, 5.74) is 1.52. The highest BCUT2D eigenvalue weighted by Gasteiger charge is 2.09. The Hall–Kier alpha value is -1.84. The topological polar surface area (TPSA) is 46.6 Å². The van der Waals surface area contributed by atoms with Crippen molar-refractivity contribution in [3.8, 4) is 0 Å². The van der Waals surface area contributed by atoms with E-state index < -0.39 is 0 Å². The number of ether oxygens (including phenoxy) is 1. The quantitative estimate of drug-likeness (QED) is 0.573. The summed E-state index contributed by atoms with van der Waals surface area (Å²) in [7, 11) is 0. The van der Waals surface area contributed by atoms with Crippen LogP contribution in [0.4, 0.5) is 0 Å². The van der Waals surface area contributed by atoms with Crippen LogP contribution in [0.2, 0.25) is 0 Å². The van der Waals surface area contributed by atoms with Crippen molar-refractivity contribution in [2.24, 2.45) is 0 Å². The standard InChI is InChI=1S/C14H19NO3/c1-4-18-14(17)13-7-5-12(6-8-13)9-15(10-16)11(2)3/h5-8,10-11H,4,9H2,1-3H3. The van der Waals surface area contributed by atoms with Crippen molar-refractivity contribution < 1.29 is 14.3 Å². The van der Waals surface area contributed by atoms with Gasteiger partial charge in [0.2, 0.25) is 6.41 Å². The number of hydrogen-bond donors (Lipinski definition) is 0. The van der Waals surface area contributed by atoms with Crippen LogP contribution in [0.25, 0.3) is 0 Å². The average molecular weight is 249 g/mol. The Bertz CT molecular complexity index is 398. The first-order chi connectivity index (χ1) is 8.58. The number of nitrogens with zero attached hydrogens (tertiary/aromatic N) is 1. The van der Waals surface area contributed by atoms with E-state index in [0.29, 0.717) is 18.7 Å². The van der Waals surface area contributed by atoms with Crippen molar-refractivity contribution in [3.05, 3.63) is 35.4 Å². The molecule has 0 saturated heterocycles. The molecule has 0 N–H and O–H groups in total. The maximum atomic E-state index is 11.5. The number of esters is 1. The Kier molecular flexibility index (Phi) is 5.36. The van der Waals surface area contributed by atoms with Crippen LogP contribution in [0.5, 0.6) is 0 Å². The fraction of sp³-hybridized carbons (Fsp3) is 0.429. The zero-order chi connectivity index (χ0) is 13.5. The minimum atomic E-state index is -0.319. The molecule has 0 aliphatic heterocycles. The molecule has 1 rings (SSSR count). The average Bonchev–Trinajstić information content (AvgIpc) is 2.36. The Morgan fingerprint density at radius 1 is 1.33 bits per heavy atom. The lowest BCUT2D eigenvalue weighted by molar-refractivity contribution is -0.120. The highest BCUT2D eigenvalue weighted by molar-refractivity contribution is 5.89. The Morgan fingerprint density at radius 3 is 2.39 bits per heavy atom. The number of amides is 1. The van der Waals surface area contributed by atoms with Crippen molar-refractivity contribution in [1.82, 2.24) is 4.90 Å². The molecule has 0 unspecified atom stereocenters. The minimum absolute atomic E-state index is 0.159. The van der Waals surface area contributed by atoms with Gasteiger partial charge in [-0.25, -0.2) is 4.79 Å². The second-order valence-electron chi connectivity index (χ2n) is 4.29. The lowest BCUT2D eigenvalue weighted by atomic mass is 10.1. The third-order valence-electron chi connectivity index (χ3n) is 2.63. The van der Waals surface area contributed by atoms with Gasteiger partial charge in [0, 0.05) is 12.6 Å². The number of carbonyl (C=O) groups excluding carboxylic acids is 2. The monoisotopic (exact) mass is 249 g/mol. The van der Waals surface area contributed by atoms with Crippen LogP contribution in [0.15, 0.2) is 24.3 Å². The van der Waals surface area contributed by atoms with Crippen LogP contribution in [-0.2, 0) is 16.1 Å². The molecule has 98 valence electrons. The molecule has 0 radical (unpaired) electrons. The van der Waals surface area contributed by atoms with E-state index in [1.807, 2.05) is 26.0 Å². The van der Waals surface area contributed by atoms with E-state index in [9.17, 15) is 9.59 Å². The van der Waals surface area contributed by atoms with Gasteiger partial charge in [0.05, 0.1) is 12.2 Å². The van der Waals surface area contributed by atoms with Crippen LogP contribution in [0.1, 0.15) is 36.7 Å². The molecule has 1 amide bonds. The summed E-state index contributed by atoms with van der Waals surface area (Å²) < 4.78 is 4.90. The summed E-state index contributed by atoms with van der Waals surface area (Å²) in [5, 5.41) is 0. The predicted molar refractivity (Wildman–Crippen MR) is 69.1 cm³/mol. The van der Waals surface area contributed by atoms with Gasteiger partial charge in [0.1, 0.15) is 0 Å². The van der Waals surface area contributed by atoms with Gasteiger partial charge in [-0.3, -0.25) is 4.79 Å². The third kappa shape index (κ3) is 3.87. The first-order valence-electron chi connectivity index (χ1n) is 6.05. The molecular weight excluding hydrogens is 230 g/mol. The maximum Gasteiger partial charge on any atom is 0.338 e. The highest BCUT2D eigenvalue weighted by atomic mass is 16.5. The van der Waals surface area contributed by atoms with Gasteiger partial charge in [-0.2, -0.15) is 0 Å². The largest absolute Gasteiger partial charge is 0.462 e.